The minimum Gasteiger partial charge on any atom is -0.244 e. The predicted octanol–water partition coefficient (Wildman–Crippen LogP) is 1.61. The third kappa shape index (κ3) is 3.95. The molecule has 0 fully saturated rings. The fourth-order valence-electron chi connectivity index (χ4n) is 1.90. The van der Waals surface area contributed by atoms with Crippen LogP contribution in [-0.2, 0) is 25.6 Å². The summed E-state index contributed by atoms with van der Waals surface area (Å²) in [6.45, 7) is 1.83. The van der Waals surface area contributed by atoms with Crippen molar-refractivity contribution in [3.8, 4) is 0 Å². The van der Waals surface area contributed by atoms with Crippen LogP contribution in [-0.4, -0.2) is 40.2 Å². The minimum atomic E-state index is -3.57. The number of rotatable bonds is 5. The van der Waals surface area contributed by atoms with Crippen molar-refractivity contribution in [1.29, 1.82) is 0 Å². The Labute approximate surface area is 136 Å². The van der Waals surface area contributed by atoms with Gasteiger partial charge in [-0.15, -0.1) is 0 Å². The van der Waals surface area contributed by atoms with Crippen molar-refractivity contribution in [3.05, 3.63) is 53.7 Å². The average Bonchev–Trinajstić information content (AvgIpc) is 2.47. The summed E-state index contributed by atoms with van der Waals surface area (Å²) in [5.41, 5.74) is 1.38. The van der Waals surface area contributed by atoms with Gasteiger partial charge in [0.15, 0.2) is 14.9 Å². The maximum atomic E-state index is 12.3. The zero-order valence-electron chi connectivity index (χ0n) is 13.1. The maximum Gasteiger partial charge on any atom is 0.242 e. The molecule has 0 spiro atoms. The zero-order valence-corrected chi connectivity index (χ0v) is 14.7. The standard InChI is InChI=1S/C15H18N2O4S2/c1-12-4-9-15(16-10-12)22(18,19)11-13-5-7-14(8-6-13)23(20,21)17(2)3/h4-10H,11H2,1-3H3. The third-order valence-electron chi connectivity index (χ3n) is 3.26. The quantitative estimate of drug-likeness (QED) is 0.814. The largest absolute Gasteiger partial charge is 0.244 e. The van der Waals surface area contributed by atoms with Crippen LogP contribution < -0.4 is 0 Å². The Balaban J connectivity index is 2.26. The molecule has 0 aliphatic carbocycles. The van der Waals surface area contributed by atoms with Crippen LogP contribution in [0.2, 0.25) is 0 Å². The molecule has 0 saturated heterocycles. The second-order valence-corrected chi connectivity index (χ2v) is 9.45. The lowest BCUT2D eigenvalue weighted by Crippen LogP contribution is -2.22. The molecule has 23 heavy (non-hydrogen) atoms. The average molecular weight is 354 g/mol. The molecule has 8 heteroatoms. The molecule has 0 N–H and O–H groups in total. The molecule has 0 amide bonds. The first-order chi connectivity index (χ1) is 10.6. The summed E-state index contributed by atoms with van der Waals surface area (Å²) in [4.78, 5) is 4.06. The van der Waals surface area contributed by atoms with Gasteiger partial charge in [-0.25, -0.2) is 26.1 Å². The van der Waals surface area contributed by atoms with Gasteiger partial charge in [-0.2, -0.15) is 0 Å². The normalized spacial score (nSPS) is 12.5. The van der Waals surface area contributed by atoms with Gasteiger partial charge in [-0.1, -0.05) is 18.2 Å². The number of benzene rings is 1. The van der Waals surface area contributed by atoms with Gasteiger partial charge in [-0.05, 0) is 36.2 Å². The van der Waals surface area contributed by atoms with Crippen LogP contribution >= 0.6 is 0 Å². The number of nitrogens with zero attached hydrogens (tertiary/aromatic N) is 2. The van der Waals surface area contributed by atoms with E-state index < -0.39 is 19.9 Å². The first-order valence-electron chi connectivity index (χ1n) is 6.80. The first-order valence-corrected chi connectivity index (χ1v) is 9.89. The summed E-state index contributed by atoms with van der Waals surface area (Å²) in [6.07, 6.45) is 1.50. The highest BCUT2D eigenvalue weighted by Crippen LogP contribution is 2.18. The van der Waals surface area contributed by atoms with Crippen molar-refractivity contribution < 1.29 is 16.8 Å². The summed E-state index contributed by atoms with van der Waals surface area (Å²) in [6, 6.07) is 8.97. The molecule has 0 unspecified atom stereocenters. The lowest BCUT2D eigenvalue weighted by Gasteiger charge is -2.11. The van der Waals surface area contributed by atoms with Crippen LogP contribution in [0.3, 0.4) is 0 Å². The maximum absolute atomic E-state index is 12.3. The van der Waals surface area contributed by atoms with E-state index >= 15 is 0 Å². The van der Waals surface area contributed by atoms with Crippen molar-refractivity contribution in [1.82, 2.24) is 9.29 Å². The molecular formula is C15H18N2O4S2. The summed E-state index contributed by atoms with van der Waals surface area (Å²) >= 11 is 0. The molecule has 2 rings (SSSR count). The van der Waals surface area contributed by atoms with Crippen LogP contribution in [0.15, 0.2) is 52.5 Å². The molecule has 6 nitrogen and oxygen atoms in total. The Bertz CT molecular complexity index is 885. The third-order valence-corrected chi connectivity index (χ3v) is 6.68. The molecule has 1 aromatic heterocycles. The molecule has 0 atom stereocenters. The predicted molar refractivity (Wildman–Crippen MR) is 87.2 cm³/mol. The number of sulfone groups is 1. The van der Waals surface area contributed by atoms with E-state index in [0.29, 0.717) is 5.56 Å². The summed E-state index contributed by atoms with van der Waals surface area (Å²) in [7, 11) is -4.21. The Morgan fingerprint density at radius 2 is 1.57 bits per heavy atom. The molecule has 0 saturated carbocycles. The van der Waals surface area contributed by atoms with E-state index in [9.17, 15) is 16.8 Å². The van der Waals surface area contributed by atoms with Gasteiger partial charge in [0.25, 0.3) is 0 Å². The van der Waals surface area contributed by atoms with Crippen molar-refractivity contribution >= 4 is 19.9 Å². The van der Waals surface area contributed by atoms with Crippen molar-refractivity contribution in [2.45, 2.75) is 22.6 Å². The molecule has 124 valence electrons. The van der Waals surface area contributed by atoms with E-state index in [1.807, 2.05) is 6.92 Å². The van der Waals surface area contributed by atoms with Gasteiger partial charge in [0.2, 0.25) is 10.0 Å². The second-order valence-electron chi connectivity index (χ2n) is 5.36. The van der Waals surface area contributed by atoms with Crippen LogP contribution in [0.25, 0.3) is 0 Å². The van der Waals surface area contributed by atoms with E-state index in [0.717, 1.165) is 9.87 Å². The Morgan fingerprint density at radius 3 is 2.04 bits per heavy atom. The van der Waals surface area contributed by atoms with E-state index in [1.165, 1.54) is 50.6 Å². The molecule has 0 aliphatic rings. The molecule has 2 aromatic rings. The van der Waals surface area contributed by atoms with E-state index in [2.05, 4.69) is 4.98 Å². The number of pyridine rings is 1. The van der Waals surface area contributed by atoms with E-state index in [1.54, 1.807) is 6.07 Å². The van der Waals surface area contributed by atoms with Gasteiger partial charge in [-0.3, -0.25) is 0 Å². The number of aryl methyl sites for hydroxylation is 1. The molecule has 1 aromatic carbocycles. The summed E-state index contributed by atoms with van der Waals surface area (Å²) < 4.78 is 49.7. The van der Waals surface area contributed by atoms with Crippen molar-refractivity contribution in [2.75, 3.05) is 14.1 Å². The second kappa shape index (κ2) is 6.38. The Kier molecular flexibility index (Phi) is 4.88. The first kappa shape index (κ1) is 17.6. The minimum absolute atomic E-state index is 0.00749. The van der Waals surface area contributed by atoms with Crippen molar-refractivity contribution in [3.63, 3.8) is 0 Å². The summed E-state index contributed by atoms with van der Waals surface area (Å²) in [5, 5.41) is 0.00749. The van der Waals surface area contributed by atoms with Crippen molar-refractivity contribution in [2.24, 2.45) is 0 Å². The topological polar surface area (TPSA) is 84.4 Å². The molecule has 1 heterocycles. The number of hydrogen-bond donors (Lipinski definition) is 0. The molecule has 0 aliphatic heterocycles. The molecule has 0 bridgehead atoms. The SMILES string of the molecule is Cc1ccc(S(=O)(=O)Cc2ccc(S(=O)(=O)N(C)C)cc2)nc1. The highest BCUT2D eigenvalue weighted by Gasteiger charge is 2.19. The fourth-order valence-corrected chi connectivity index (χ4v) is 4.07. The van der Waals surface area contributed by atoms with E-state index in [-0.39, 0.29) is 15.7 Å². The van der Waals surface area contributed by atoms with Crippen LogP contribution in [0.1, 0.15) is 11.1 Å². The fraction of sp³-hybridized carbons (Fsp3) is 0.267. The van der Waals surface area contributed by atoms with Gasteiger partial charge >= 0.3 is 0 Å². The van der Waals surface area contributed by atoms with Gasteiger partial charge in [0.1, 0.15) is 0 Å². The Morgan fingerprint density at radius 1 is 0.957 bits per heavy atom. The lowest BCUT2D eigenvalue weighted by molar-refractivity contribution is 0.520. The number of aromatic nitrogens is 1. The summed E-state index contributed by atoms with van der Waals surface area (Å²) in [5.74, 6) is -0.231. The number of hydrogen-bond acceptors (Lipinski definition) is 5. The van der Waals surface area contributed by atoms with Gasteiger partial charge in [0.05, 0.1) is 10.6 Å². The zero-order chi connectivity index (χ0) is 17.3. The lowest BCUT2D eigenvalue weighted by atomic mass is 10.2. The van der Waals surface area contributed by atoms with Crippen LogP contribution in [0, 0.1) is 6.92 Å². The Hall–Kier alpha value is -1.77. The van der Waals surface area contributed by atoms with E-state index in [4.69, 9.17) is 0 Å². The van der Waals surface area contributed by atoms with Gasteiger partial charge < -0.3 is 0 Å². The van der Waals surface area contributed by atoms with Crippen LogP contribution in [0.4, 0.5) is 0 Å². The highest BCUT2D eigenvalue weighted by atomic mass is 32.2. The molecular weight excluding hydrogens is 336 g/mol. The van der Waals surface area contributed by atoms with Crippen LogP contribution in [0.5, 0.6) is 0 Å². The van der Waals surface area contributed by atoms with Gasteiger partial charge in [0, 0.05) is 20.3 Å². The molecule has 0 radical (unpaired) electrons. The smallest absolute Gasteiger partial charge is 0.242 e. The highest BCUT2D eigenvalue weighted by molar-refractivity contribution is 7.90. The monoisotopic (exact) mass is 354 g/mol. The number of sulfonamides is 1.